The van der Waals surface area contributed by atoms with Gasteiger partial charge < -0.3 is 10.6 Å². The number of hydrogen-bond donors (Lipinski definition) is 2. The number of rotatable bonds is 6. The van der Waals surface area contributed by atoms with E-state index in [4.69, 9.17) is 11.6 Å². The Morgan fingerprint density at radius 3 is 2.88 bits per heavy atom. The van der Waals surface area contributed by atoms with Crippen molar-refractivity contribution in [3.63, 3.8) is 0 Å². The van der Waals surface area contributed by atoms with Crippen LogP contribution in [-0.4, -0.2) is 26.3 Å². The number of aromatic nitrogens is 3. The van der Waals surface area contributed by atoms with Gasteiger partial charge in [-0.25, -0.2) is 9.37 Å². The van der Waals surface area contributed by atoms with Crippen LogP contribution in [0.15, 0.2) is 46.9 Å². The molecular weight excluding hydrogens is 397 g/mol. The quantitative estimate of drug-likeness (QED) is 0.580. The van der Waals surface area contributed by atoms with E-state index in [0.717, 1.165) is 0 Å². The van der Waals surface area contributed by atoms with Gasteiger partial charge in [0.1, 0.15) is 11.6 Å². The van der Waals surface area contributed by atoms with Gasteiger partial charge in [-0.1, -0.05) is 40.8 Å². The highest BCUT2D eigenvalue weighted by atomic mass is 35.5. The van der Waals surface area contributed by atoms with E-state index in [1.165, 1.54) is 41.4 Å². The Morgan fingerprint density at radius 1 is 1.31 bits per heavy atom. The van der Waals surface area contributed by atoms with Crippen LogP contribution in [-0.2, 0) is 4.79 Å². The lowest BCUT2D eigenvalue weighted by Crippen LogP contribution is -2.22. The van der Waals surface area contributed by atoms with Gasteiger partial charge in [-0.2, -0.15) is 0 Å². The van der Waals surface area contributed by atoms with E-state index in [1.54, 1.807) is 31.2 Å². The van der Waals surface area contributed by atoms with Crippen LogP contribution in [0.25, 0.3) is 0 Å². The molecule has 1 aromatic carbocycles. The molecule has 2 heterocycles. The molecule has 10 heteroatoms. The second-order valence-electron chi connectivity index (χ2n) is 5.12. The van der Waals surface area contributed by atoms with Gasteiger partial charge >= 0.3 is 0 Å². The van der Waals surface area contributed by atoms with Crippen molar-refractivity contribution in [3.8, 4) is 0 Å². The Balaban J connectivity index is 1.57. The summed E-state index contributed by atoms with van der Waals surface area (Å²) in [7, 11) is 0. The maximum Gasteiger partial charge on any atom is 0.238 e. The molecule has 0 unspecified atom stereocenters. The number of halogens is 2. The normalized spacial score (nSPS) is 11.8. The molecule has 134 valence electrons. The monoisotopic (exact) mass is 409 g/mol. The fourth-order valence-corrected chi connectivity index (χ4v) is 3.91. The van der Waals surface area contributed by atoms with Gasteiger partial charge in [0.15, 0.2) is 4.34 Å². The molecule has 0 aliphatic rings. The van der Waals surface area contributed by atoms with Crippen molar-refractivity contribution >= 4 is 57.2 Å². The van der Waals surface area contributed by atoms with Crippen LogP contribution < -0.4 is 10.6 Å². The van der Waals surface area contributed by atoms with Crippen molar-refractivity contribution in [2.45, 2.75) is 16.5 Å². The van der Waals surface area contributed by atoms with Crippen LogP contribution in [0.4, 0.5) is 21.0 Å². The van der Waals surface area contributed by atoms with Gasteiger partial charge in [-0.05, 0) is 37.3 Å². The van der Waals surface area contributed by atoms with E-state index in [9.17, 15) is 9.18 Å². The number of anilines is 3. The molecule has 2 aromatic heterocycles. The Bertz CT molecular complexity index is 906. The highest BCUT2D eigenvalue weighted by Gasteiger charge is 2.18. The van der Waals surface area contributed by atoms with Crippen molar-refractivity contribution in [3.05, 3.63) is 53.4 Å². The number of hydrogen-bond acceptors (Lipinski definition) is 7. The van der Waals surface area contributed by atoms with Gasteiger partial charge in [-0.15, -0.1) is 10.2 Å². The van der Waals surface area contributed by atoms with Crippen LogP contribution in [0.1, 0.15) is 6.92 Å². The van der Waals surface area contributed by atoms with E-state index in [2.05, 4.69) is 25.8 Å². The molecule has 6 nitrogen and oxygen atoms in total. The lowest BCUT2D eigenvalue weighted by atomic mass is 10.3. The lowest BCUT2D eigenvalue weighted by molar-refractivity contribution is -0.115. The molecule has 2 N–H and O–H groups in total. The second-order valence-corrected chi connectivity index (χ2v) is 8.12. The first-order chi connectivity index (χ1) is 12.5. The zero-order chi connectivity index (χ0) is 18.5. The van der Waals surface area contributed by atoms with Crippen LogP contribution in [0, 0.1) is 5.82 Å². The number of nitrogens with one attached hydrogen (secondary N) is 2. The van der Waals surface area contributed by atoms with Crippen LogP contribution in [0.5, 0.6) is 0 Å². The highest BCUT2D eigenvalue weighted by Crippen LogP contribution is 2.30. The maximum atomic E-state index is 13.2. The first kappa shape index (κ1) is 18.6. The first-order valence-electron chi connectivity index (χ1n) is 7.45. The molecule has 3 aromatic rings. The molecule has 0 saturated carbocycles. The predicted molar refractivity (Wildman–Crippen MR) is 103 cm³/mol. The predicted octanol–water partition coefficient (Wildman–Crippen LogP) is 4.59. The molecule has 0 bridgehead atoms. The number of thioether (sulfide) groups is 1. The minimum atomic E-state index is -0.401. The number of benzene rings is 1. The van der Waals surface area contributed by atoms with Crippen molar-refractivity contribution in [1.29, 1.82) is 0 Å². The van der Waals surface area contributed by atoms with Crippen LogP contribution >= 0.6 is 34.7 Å². The highest BCUT2D eigenvalue weighted by molar-refractivity contribution is 8.02. The molecule has 0 radical (unpaired) electrons. The Labute approximate surface area is 162 Å². The maximum absolute atomic E-state index is 13.2. The summed E-state index contributed by atoms with van der Waals surface area (Å²) in [6.45, 7) is 1.76. The Hall–Kier alpha value is -2.23. The van der Waals surface area contributed by atoms with Gasteiger partial charge in [-0.3, -0.25) is 4.79 Å². The summed E-state index contributed by atoms with van der Waals surface area (Å²) in [5, 5.41) is 14.3. The van der Waals surface area contributed by atoms with Crippen molar-refractivity contribution in [2.24, 2.45) is 0 Å². The van der Waals surface area contributed by atoms with Crippen molar-refractivity contribution in [1.82, 2.24) is 15.2 Å². The summed E-state index contributed by atoms with van der Waals surface area (Å²) in [5.74, 6) is -0.118. The van der Waals surface area contributed by atoms with Gasteiger partial charge in [0, 0.05) is 11.9 Å². The fourth-order valence-electron chi connectivity index (χ4n) is 1.88. The zero-order valence-electron chi connectivity index (χ0n) is 13.4. The first-order valence-corrected chi connectivity index (χ1v) is 9.52. The lowest BCUT2D eigenvalue weighted by Gasteiger charge is -2.09. The second kappa shape index (κ2) is 8.43. The van der Waals surface area contributed by atoms with Crippen molar-refractivity contribution < 1.29 is 9.18 Å². The van der Waals surface area contributed by atoms with Crippen LogP contribution in [0.3, 0.4) is 0 Å². The number of carbonyl (C=O) groups is 1. The minimum Gasteiger partial charge on any atom is -0.330 e. The SMILES string of the molecule is C[C@H](Sc1nnc(Nc2cccc(F)c2)s1)C(=O)Nc1ccc(Cl)cn1. The average Bonchev–Trinajstić information content (AvgIpc) is 3.03. The third kappa shape index (κ3) is 5.13. The van der Waals surface area contributed by atoms with Gasteiger partial charge in [0.05, 0.1) is 10.3 Å². The molecule has 0 aliphatic carbocycles. The minimum absolute atomic E-state index is 0.209. The number of pyridine rings is 1. The summed E-state index contributed by atoms with van der Waals surface area (Å²) in [4.78, 5) is 16.3. The Morgan fingerprint density at radius 2 is 2.15 bits per heavy atom. The summed E-state index contributed by atoms with van der Waals surface area (Å²) < 4.78 is 13.8. The molecular formula is C16H13ClFN5OS2. The standard InChI is InChI=1S/C16H13ClFN5OS2/c1-9(14(24)21-13-6-5-10(17)8-19-13)25-16-23-22-15(26-16)20-12-4-2-3-11(18)7-12/h2-9H,1H3,(H,20,22)(H,19,21,24)/t9-/m0/s1. The van der Waals surface area contributed by atoms with E-state index in [-0.39, 0.29) is 11.7 Å². The topological polar surface area (TPSA) is 79.8 Å². The number of nitrogens with zero attached hydrogens (tertiary/aromatic N) is 3. The van der Waals surface area contributed by atoms with E-state index < -0.39 is 5.25 Å². The smallest absolute Gasteiger partial charge is 0.238 e. The molecule has 1 amide bonds. The molecule has 0 fully saturated rings. The summed E-state index contributed by atoms with van der Waals surface area (Å²) in [6.07, 6.45) is 1.46. The third-order valence-corrected chi connectivity index (χ3v) is 5.35. The number of carbonyl (C=O) groups excluding carboxylic acids is 1. The summed E-state index contributed by atoms with van der Waals surface area (Å²) >= 11 is 8.32. The molecule has 26 heavy (non-hydrogen) atoms. The van der Waals surface area contributed by atoms with Crippen molar-refractivity contribution in [2.75, 3.05) is 10.6 Å². The molecule has 0 aliphatic heterocycles. The molecule has 0 spiro atoms. The molecule has 0 saturated heterocycles. The molecule has 1 atom stereocenters. The third-order valence-electron chi connectivity index (χ3n) is 3.11. The fraction of sp³-hybridized carbons (Fsp3) is 0.125. The van der Waals surface area contributed by atoms with E-state index >= 15 is 0 Å². The average molecular weight is 410 g/mol. The van der Waals surface area contributed by atoms with E-state index in [1.807, 2.05) is 0 Å². The van der Waals surface area contributed by atoms with Gasteiger partial charge in [0.2, 0.25) is 11.0 Å². The largest absolute Gasteiger partial charge is 0.330 e. The summed E-state index contributed by atoms with van der Waals surface area (Å²) in [6, 6.07) is 9.34. The summed E-state index contributed by atoms with van der Waals surface area (Å²) in [5.41, 5.74) is 0.581. The zero-order valence-corrected chi connectivity index (χ0v) is 15.8. The van der Waals surface area contributed by atoms with E-state index in [0.29, 0.717) is 26.0 Å². The number of amides is 1. The Kier molecular flexibility index (Phi) is 6.02. The molecule has 3 rings (SSSR count). The van der Waals surface area contributed by atoms with Crippen LogP contribution in [0.2, 0.25) is 5.02 Å². The van der Waals surface area contributed by atoms with Gasteiger partial charge in [0.25, 0.3) is 0 Å².